The van der Waals surface area contributed by atoms with Crippen molar-refractivity contribution in [3.05, 3.63) is 49.8 Å². The average molecular weight is 360 g/mol. The van der Waals surface area contributed by atoms with E-state index in [0.29, 0.717) is 0 Å². The summed E-state index contributed by atoms with van der Waals surface area (Å²) >= 11 is 11.6. The van der Waals surface area contributed by atoms with Crippen LogP contribution in [0.4, 0.5) is 0 Å². The predicted octanol–water partition coefficient (Wildman–Crippen LogP) is 4.84. The van der Waals surface area contributed by atoms with Crippen molar-refractivity contribution < 1.29 is 0 Å². The molecular weight excluding hydrogens is 344 g/mol. The SMILES string of the molecule is CCCNC(Cc1sccc1Br)c1ccncc1Cl. The standard InChI is InChI=1S/C14H16BrClN2S/c1-2-5-18-13(8-14-11(15)4-7-19-14)10-3-6-17-9-12(10)16/h3-4,6-7,9,13,18H,2,5,8H2,1H3. The van der Waals surface area contributed by atoms with Crippen LogP contribution < -0.4 is 5.32 Å². The van der Waals surface area contributed by atoms with Crippen LogP contribution in [0.15, 0.2) is 34.4 Å². The summed E-state index contributed by atoms with van der Waals surface area (Å²) in [6, 6.07) is 4.31. The molecular formula is C14H16BrClN2S. The second-order valence-electron chi connectivity index (χ2n) is 4.30. The molecule has 2 nitrogen and oxygen atoms in total. The third-order valence-corrected chi connectivity index (χ3v) is 5.17. The summed E-state index contributed by atoms with van der Waals surface area (Å²) in [5.74, 6) is 0. The van der Waals surface area contributed by atoms with Crippen LogP contribution in [0.2, 0.25) is 5.02 Å². The van der Waals surface area contributed by atoms with Gasteiger partial charge in [-0.3, -0.25) is 4.98 Å². The summed E-state index contributed by atoms with van der Waals surface area (Å²) in [7, 11) is 0. The molecule has 19 heavy (non-hydrogen) atoms. The lowest BCUT2D eigenvalue weighted by Gasteiger charge is -2.19. The maximum Gasteiger partial charge on any atom is 0.0637 e. The summed E-state index contributed by atoms with van der Waals surface area (Å²) in [6.07, 6.45) is 5.54. The van der Waals surface area contributed by atoms with Crippen molar-refractivity contribution >= 4 is 38.9 Å². The molecule has 2 rings (SSSR count). The topological polar surface area (TPSA) is 24.9 Å². The van der Waals surface area contributed by atoms with E-state index in [9.17, 15) is 0 Å². The predicted molar refractivity (Wildman–Crippen MR) is 86.0 cm³/mol. The summed E-state index contributed by atoms with van der Waals surface area (Å²) in [5.41, 5.74) is 1.12. The van der Waals surface area contributed by atoms with Crippen molar-refractivity contribution in [1.29, 1.82) is 0 Å². The minimum Gasteiger partial charge on any atom is -0.310 e. The molecule has 0 saturated carbocycles. The van der Waals surface area contributed by atoms with E-state index < -0.39 is 0 Å². The molecule has 0 amide bonds. The quantitative estimate of drug-likeness (QED) is 0.798. The number of pyridine rings is 1. The number of nitrogens with one attached hydrogen (secondary N) is 1. The van der Waals surface area contributed by atoms with Gasteiger partial charge in [-0.05, 0) is 52.0 Å². The van der Waals surface area contributed by atoms with Gasteiger partial charge in [-0.25, -0.2) is 0 Å². The number of hydrogen-bond acceptors (Lipinski definition) is 3. The normalized spacial score (nSPS) is 12.6. The Kier molecular flexibility index (Phi) is 5.82. The first-order valence-electron chi connectivity index (χ1n) is 6.27. The summed E-state index contributed by atoms with van der Waals surface area (Å²) < 4.78 is 1.17. The third kappa shape index (κ3) is 4.02. The van der Waals surface area contributed by atoms with Gasteiger partial charge in [0, 0.05) is 34.2 Å². The lowest BCUT2D eigenvalue weighted by Crippen LogP contribution is -2.24. The lowest BCUT2D eigenvalue weighted by molar-refractivity contribution is 0.531. The highest BCUT2D eigenvalue weighted by Gasteiger charge is 2.16. The van der Waals surface area contributed by atoms with Crippen LogP contribution in [-0.4, -0.2) is 11.5 Å². The molecule has 2 heterocycles. The Morgan fingerprint density at radius 1 is 1.47 bits per heavy atom. The molecule has 1 unspecified atom stereocenters. The Balaban J connectivity index is 2.21. The number of hydrogen-bond donors (Lipinski definition) is 1. The van der Waals surface area contributed by atoms with Crippen LogP contribution in [0.5, 0.6) is 0 Å². The molecule has 0 radical (unpaired) electrons. The molecule has 0 spiro atoms. The minimum absolute atomic E-state index is 0.227. The smallest absolute Gasteiger partial charge is 0.0637 e. The van der Waals surface area contributed by atoms with Gasteiger partial charge in [0.1, 0.15) is 0 Å². The Morgan fingerprint density at radius 2 is 2.32 bits per heavy atom. The van der Waals surface area contributed by atoms with Gasteiger partial charge in [0.05, 0.1) is 5.02 Å². The number of nitrogens with zero attached hydrogens (tertiary/aromatic N) is 1. The van der Waals surface area contributed by atoms with E-state index >= 15 is 0 Å². The first-order chi connectivity index (χ1) is 9.22. The number of rotatable bonds is 6. The number of thiophene rings is 1. The Hall–Kier alpha value is -0.420. The lowest BCUT2D eigenvalue weighted by atomic mass is 10.0. The van der Waals surface area contributed by atoms with Gasteiger partial charge >= 0.3 is 0 Å². The highest BCUT2D eigenvalue weighted by Crippen LogP contribution is 2.30. The van der Waals surface area contributed by atoms with Crippen LogP contribution >= 0.6 is 38.9 Å². The largest absolute Gasteiger partial charge is 0.310 e. The molecule has 2 aromatic rings. The third-order valence-electron chi connectivity index (χ3n) is 2.90. The van der Waals surface area contributed by atoms with Crippen LogP contribution in [0, 0.1) is 0 Å². The van der Waals surface area contributed by atoms with Gasteiger partial charge in [0.25, 0.3) is 0 Å². The maximum atomic E-state index is 6.27. The summed E-state index contributed by atoms with van der Waals surface area (Å²) in [6.45, 7) is 3.14. The molecule has 5 heteroatoms. The van der Waals surface area contributed by atoms with Crippen LogP contribution in [0.3, 0.4) is 0 Å². The van der Waals surface area contributed by atoms with Crippen molar-refractivity contribution in [2.75, 3.05) is 6.54 Å². The molecule has 0 saturated heterocycles. The Labute approximate surface area is 131 Å². The van der Waals surface area contributed by atoms with E-state index in [2.05, 4.69) is 44.6 Å². The first-order valence-corrected chi connectivity index (χ1v) is 8.32. The van der Waals surface area contributed by atoms with Crippen molar-refractivity contribution in [2.24, 2.45) is 0 Å². The summed E-state index contributed by atoms with van der Waals surface area (Å²) in [4.78, 5) is 5.39. The van der Waals surface area contributed by atoms with Crippen LogP contribution in [0.1, 0.15) is 29.8 Å². The van der Waals surface area contributed by atoms with Crippen molar-refractivity contribution in [2.45, 2.75) is 25.8 Å². The highest BCUT2D eigenvalue weighted by molar-refractivity contribution is 9.10. The van der Waals surface area contributed by atoms with Gasteiger partial charge in [-0.1, -0.05) is 18.5 Å². The molecule has 1 N–H and O–H groups in total. The van der Waals surface area contributed by atoms with Crippen molar-refractivity contribution in [1.82, 2.24) is 10.3 Å². The Morgan fingerprint density at radius 3 is 2.95 bits per heavy atom. The van der Waals surface area contributed by atoms with E-state index in [1.165, 1.54) is 9.35 Å². The molecule has 0 bridgehead atoms. The zero-order valence-corrected chi connectivity index (χ0v) is 13.9. The van der Waals surface area contributed by atoms with Crippen LogP contribution in [-0.2, 0) is 6.42 Å². The second-order valence-corrected chi connectivity index (χ2v) is 6.56. The van der Waals surface area contributed by atoms with Crippen molar-refractivity contribution in [3.63, 3.8) is 0 Å². The number of aromatic nitrogens is 1. The first kappa shape index (κ1) is 15.0. The fourth-order valence-corrected chi connectivity index (χ4v) is 3.75. The molecule has 0 aliphatic carbocycles. The monoisotopic (exact) mass is 358 g/mol. The van der Waals surface area contributed by atoms with Crippen LogP contribution in [0.25, 0.3) is 0 Å². The highest BCUT2D eigenvalue weighted by atomic mass is 79.9. The van der Waals surface area contributed by atoms with E-state index in [-0.39, 0.29) is 6.04 Å². The summed E-state index contributed by atoms with van der Waals surface area (Å²) in [5, 5.41) is 6.39. The molecule has 0 fully saturated rings. The minimum atomic E-state index is 0.227. The average Bonchev–Trinajstić information content (AvgIpc) is 2.81. The zero-order valence-electron chi connectivity index (χ0n) is 10.7. The second kappa shape index (κ2) is 7.39. The Bertz CT molecular complexity index is 530. The van der Waals surface area contributed by atoms with Gasteiger partial charge in [0.15, 0.2) is 0 Å². The van der Waals surface area contributed by atoms with Crippen molar-refractivity contribution in [3.8, 4) is 0 Å². The molecule has 0 aromatic carbocycles. The maximum absolute atomic E-state index is 6.27. The van der Waals surface area contributed by atoms with E-state index in [1.54, 1.807) is 23.7 Å². The van der Waals surface area contributed by atoms with Gasteiger partial charge in [0.2, 0.25) is 0 Å². The molecule has 0 aliphatic rings. The zero-order chi connectivity index (χ0) is 13.7. The molecule has 102 valence electrons. The van der Waals surface area contributed by atoms with E-state index in [1.807, 2.05) is 6.07 Å². The van der Waals surface area contributed by atoms with Gasteiger partial charge in [-0.15, -0.1) is 11.3 Å². The molecule has 0 aliphatic heterocycles. The molecule has 1 atom stereocenters. The number of halogens is 2. The van der Waals surface area contributed by atoms with Gasteiger partial charge in [-0.2, -0.15) is 0 Å². The van der Waals surface area contributed by atoms with Gasteiger partial charge < -0.3 is 5.32 Å². The molecule has 2 aromatic heterocycles. The van der Waals surface area contributed by atoms with E-state index in [4.69, 9.17) is 11.6 Å². The fraction of sp³-hybridized carbons (Fsp3) is 0.357. The fourth-order valence-electron chi connectivity index (χ4n) is 1.94. The van der Waals surface area contributed by atoms with E-state index in [0.717, 1.165) is 30.0 Å².